The summed E-state index contributed by atoms with van der Waals surface area (Å²) < 4.78 is 5.04. The summed E-state index contributed by atoms with van der Waals surface area (Å²) in [6, 6.07) is 0. The number of carboxylic acids is 1. The zero-order chi connectivity index (χ0) is 14.0. The first-order valence-corrected chi connectivity index (χ1v) is 6.49. The molecule has 1 heterocycles. The highest BCUT2D eigenvalue weighted by atomic mass is 16.5. The van der Waals surface area contributed by atoms with Crippen molar-refractivity contribution in [3.63, 3.8) is 0 Å². The summed E-state index contributed by atoms with van der Waals surface area (Å²) in [5, 5.41) is 12.8. The van der Waals surface area contributed by atoms with Crippen LogP contribution in [0, 0.1) is 12.8 Å². The lowest BCUT2D eigenvalue weighted by Crippen LogP contribution is -2.37. The molecule has 1 aromatic rings. The third kappa shape index (κ3) is 3.13. The van der Waals surface area contributed by atoms with Gasteiger partial charge in [-0.15, -0.1) is 0 Å². The fourth-order valence-corrected chi connectivity index (χ4v) is 2.09. The number of carboxylic acid groups (broad SMARTS) is 1. The smallest absolute Gasteiger partial charge is 0.323 e. The lowest BCUT2D eigenvalue weighted by Gasteiger charge is -2.20. The van der Waals surface area contributed by atoms with Crippen LogP contribution in [0.25, 0.3) is 0 Å². The van der Waals surface area contributed by atoms with Gasteiger partial charge in [-0.05, 0) is 32.1 Å². The molecule has 1 aromatic heterocycles. The highest BCUT2D eigenvalue weighted by Gasteiger charge is 2.31. The van der Waals surface area contributed by atoms with E-state index < -0.39 is 5.97 Å². The van der Waals surface area contributed by atoms with Crippen molar-refractivity contribution < 1.29 is 19.2 Å². The largest absolute Gasteiger partial charge is 0.480 e. The summed E-state index contributed by atoms with van der Waals surface area (Å²) in [4.78, 5) is 24.7. The monoisotopic (exact) mass is 266 g/mol. The summed E-state index contributed by atoms with van der Waals surface area (Å²) in [6.07, 6.45) is 2.71. The van der Waals surface area contributed by atoms with Gasteiger partial charge in [-0.3, -0.25) is 9.59 Å². The topological polar surface area (TPSA) is 83.6 Å². The Morgan fingerprint density at radius 2 is 2.16 bits per heavy atom. The van der Waals surface area contributed by atoms with E-state index in [-0.39, 0.29) is 12.5 Å². The van der Waals surface area contributed by atoms with Gasteiger partial charge in [-0.25, -0.2) is 0 Å². The van der Waals surface area contributed by atoms with Gasteiger partial charge < -0.3 is 14.5 Å². The molecule has 1 aliphatic carbocycles. The molecule has 6 nitrogen and oxygen atoms in total. The third-order valence-electron chi connectivity index (χ3n) is 3.27. The molecule has 1 amide bonds. The molecule has 0 aromatic carbocycles. The Morgan fingerprint density at radius 3 is 2.68 bits per heavy atom. The molecule has 1 fully saturated rings. The van der Waals surface area contributed by atoms with Crippen molar-refractivity contribution in [1.29, 1.82) is 0 Å². The van der Waals surface area contributed by atoms with Crippen molar-refractivity contribution in [2.75, 3.05) is 13.1 Å². The maximum atomic E-state index is 12.5. The molecule has 0 bridgehead atoms. The number of nitrogens with zero attached hydrogens (tertiary/aromatic N) is 2. The van der Waals surface area contributed by atoms with Crippen LogP contribution in [0.3, 0.4) is 0 Å². The van der Waals surface area contributed by atoms with Crippen LogP contribution in [0.1, 0.15) is 41.6 Å². The minimum absolute atomic E-state index is 0.275. The Kier molecular flexibility index (Phi) is 3.87. The van der Waals surface area contributed by atoms with Crippen molar-refractivity contribution >= 4 is 11.9 Å². The van der Waals surface area contributed by atoms with Crippen molar-refractivity contribution in [3.8, 4) is 0 Å². The Bertz CT molecular complexity index is 491. The predicted molar refractivity (Wildman–Crippen MR) is 66.9 cm³/mol. The van der Waals surface area contributed by atoms with Crippen LogP contribution < -0.4 is 0 Å². The quantitative estimate of drug-likeness (QED) is 0.843. The molecular formula is C13H18N2O4. The second kappa shape index (κ2) is 5.42. The van der Waals surface area contributed by atoms with E-state index in [1.807, 2.05) is 6.92 Å². The third-order valence-corrected chi connectivity index (χ3v) is 3.27. The van der Waals surface area contributed by atoms with Gasteiger partial charge in [0.15, 0.2) is 0 Å². The van der Waals surface area contributed by atoms with E-state index in [0.29, 0.717) is 35.9 Å². The van der Waals surface area contributed by atoms with Gasteiger partial charge >= 0.3 is 5.97 Å². The summed E-state index contributed by atoms with van der Waals surface area (Å²) >= 11 is 0. The number of carbonyl (C=O) groups is 2. The minimum atomic E-state index is -0.999. The van der Waals surface area contributed by atoms with Crippen LogP contribution in [0.4, 0.5) is 0 Å². The Balaban J connectivity index is 2.21. The summed E-state index contributed by atoms with van der Waals surface area (Å²) in [5.74, 6) is -0.396. The summed E-state index contributed by atoms with van der Waals surface area (Å²) in [5.41, 5.74) is 1.01. The number of aromatic nitrogens is 1. The number of hydrogen-bond donors (Lipinski definition) is 1. The molecule has 104 valence electrons. The van der Waals surface area contributed by atoms with Gasteiger partial charge in [-0.1, -0.05) is 12.1 Å². The molecule has 0 unspecified atom stereocenters. The lowest BCUT2D eigenvalue weighted by atomic mass is 10.1. The number of carbonyl (C=O) groups excluding carboxylic acids is 1. The first kappa shape index (κ1) is 13.6. The normalized spacial score (nSPS) is 14.4. The van der Waals surface area contributed by atoms with E-state index in [0.717, 1.165) is 12.8 Å². The molecule has 0 atom stereocenters. The molecule has 1 aliphatic rings. The maximum Gasteiger partial charge on any atom is 0.323 e. The highest BCUT2D eigenvalue weighted by Crippen LogP contribution is 2.30. The molecule has 0 aliphatic heterocycles. The van der Waals surface area contributed by atoms with E-state index in [1.165, 1.54) is 4.90 Å². The van der Waals surface area contributed by atoms with Crippen LogP contribution >= 0.6 is 0 Å². The van der Waals surface area contributed by atoms with Crippen molar-refractivity contribution in [2.24, 2.45) is 5.92 Å². The first-order valence-electron chi connectivity index (χ1n) is 6.49. The number of aliphatic carboxylic acids is 1. The number of aryl methyl sites for hydroxylation is 2. The minimum Gasteiger partial charge on any atom is -0.480 e. The molecule has 0 saturated heterocycles. The van der Waals surface area contributed by atoms with E-state index in [2.05, 4.69) is 5.16 Å². The molecule has 19 heavy (non-hydrogen) atoms. The van der Waals surface area contributed by atoms with Gasteiger partial charge in [-0.2, -0.15) is 0 Å². The number of amides is 1. The van der Waals surface area contributed by atoms with Gasteiger partial charge in [0.2, 0.25) is 0 Å². The van der Waals surface area contributed by atoms with Crippen molar-refractivity contribution in [2.45, 2.75) is 33.1 Å². The van der Waals surface area contributed by atoms with Crippen molar-refractivity contribution in [3.05, 3.63) is 17.0 Å². The number of rotatable bonds is 6. The van der Waals surface area contributed by atoms with E-state index in [4.69, 9.17) is 9.63 Å². The van der Waals surface area contributed by atoms with Gasteiger partial charge in [0, 0.05) is 6.54 Å². The zero-order valence-electron chi connectivity index (χ0n) is 11.2. The van der Waals surface area contributed by atoms with Gasteiger partial charge in [0.05, 0.1) is 5.69 Å². The second-order valence-corrected chi connectivity index (χ2v) is 4.94. The van der Waals surface area contributed by atoms with E-state index in [1.54, 1.807) is 6.92 Å². The van der Waals surface area contributed by atoms with Gasteiger partial charge in [0.1, 0.15) is 17.9 Å². The molecule has 6 heteroatoms. The van der Waals surface area contributed by atoms with E-state index in [9.17, 15) is 9.59 Å². The Morgan fingerprint density at radius 1 is 1.47 bits per heavy atom. The van der Waals surface area contributed by atoms with Crippen LogP contribution in [-0.2, 0) is 11.2 Å². The van der Waals surface area contributed by atoms with Crippen LogP contribution in [0.15, 0.2) is 4.52 Å². The Hall–Kier alpha value is -1.85. The zero-order valence-corrected chi connectivity index (χ0v) is 11.2. The average molecular weight is 266 g/mol. The standard InChI is InChI=1S/C13H18N2O4/c1-3-10-12(8(2)19-14-10)13(18)15(7-11(16)17)6-9-4-5-9/h9H,3-7H2,1-2H3,(H,16,17). The fourth-order valence-electron chi connectivity index (χ4n) is 2.09. The fraction of sp³-hybridized carbons (Fsp3) is 0.615. The van der Waals surface area contributed by atoms with Crippen LogP contribution in [-0.4, -0.2) is 40.1 Å². The van der Waals surface area contributed by atoms with Crippen molar-refractivity contribution in [1.82, 2.24) is 10.1 Å². The Labute approximate surface area is 111 Å². The average Bonchev–Trinajstić information content (AvgIpc) is 3.08. The van der Waals surface area contributed by atoms with Crippen LogP contribution in [0.5, 0.6) is 0 Å². The molecule has 0 spiro atoms. The maximum absolute atomic E-state index is 12.5. The first-order chi connectivity index (χ1) is 9.02. The van der Waals surface area contributed by atoms with E-state index >= 15 is 0 Å². The van der Waals surface area contributed by atoms with Gasteiger partial charge in [0.25, 0.3) is 5.91 Å². The predicted octanol–water partition coefficient (Wildman–Crippen LogP) is 1.48. The number of hydrogen-bond acceptors (Lipinski definition) is 4. The lowest BCUT2D eigenvalue weighted by molar-refractivity contribution is -0.137. The molecule has 1 saturated carbocycles. The molecule has 1 N–H and O–H groups in total. The molecule has 2 rings (SSSR count). The summed E-state index contributed by atoms with van der Waals surface area (Å²) in [7, 11) is 0. The molecular weight excluding hydrogens is 248 g/mol. The molecule has 0 radical (unpaired) electrons. The highest BCUT2D eigenvalue weighted by molar-refractivity contribution is 5.97. The second-order valence-electron chi connectivity index (χ2n) is 4.94. The SMILES string of the molecule is CCc1noc(C)c1C(=O)N(CC(=O)O)CC1CC1. The van der Waals surface area contributed by atoms with Crippen LogP contribution in [0.2, 0.25) is 0 Å². The summed E-state index contributed by atoms with van der Waals surface area (Å²) in [6.45, 7) is 3.79.